The number of aryl methyl sites for hydroxylation is 1. The number of aromatic nitrogens is 2. The van der Waals surface area contributed by atoms with Crippen molar-refractivity contribution in [1.29, 1.82) is 0 Å². The van der Waals surface area contributed by atoms with Gasteiger partial charge in [-0.1, -0.05) is 0 Å². The number of hydrogen-bond acceptors (Lipinski definition) is 5. The maximum atomic E-state index is 11.2. The van der Waals surface area contributed by atoms with Crippen LogP contribution in [0.2, 0.25) is 0 Å². The first-order valence-corrected chi connectivity index (χ1v) is 5.29. The molecule has 1 heterocycles. The SMILES string of the molecule is CCOC(=O)CCN(C)c1cc(C)ncn1. The van der Waals surface area contributed by atoms with Crippen LogP contribution in [-0.2, 0) is 9.53 Å². The van der Waals surface area contributed by atoms with Gasteiger partial charge in [-0.3, -0.25) is 4.79 Å². The lowest BCUT2D eigenvalue weighted by Crippen LogP contribution is -2.23. The van der Waals surface area contributed by atoms with Crippen molar-refractivity contribution in [2.45, 2.75) is 20.3 Å². The third kappa shape index (κ3) is 3.84. The van der Waals surface area contributed by atoms with Crippen LogP contribution in [0.15, 0.2) is 12.4 Å². The summed E-state index contributed by atoms with van der Waals surface area (Å²) in [4.78, 5) is 21.2. The Morgan fingerprint density at radius 2 is 2.25 bits per heavy atom. The molecule has 0 aliphatic rings. The fourth-order valence-corrected chi connectivity index (χ4v) is 1.26. The largest absolute Gasteiger partial charge is 0.466 e. The molecule has 0 fully saturated rings. The van der Waals surface area contributed by atoms with Crippen molar-refractivity contribution < 1.29 is 9.53 Å². The smallest absolute Gasteiger partial charge is 0.307 e. The molecule has 0 N–H and O–H groups in total. The zero-order valence-corrected chi connectivity index (χ0v) is 9.93. The molecule has 1 aromatic rings. The average molecular weight is 223 g/mol. The summed E-state index contributed by atoms with van der Waals surface area (Å²) in [5, 5.41) is 0. The van der Waals surface area contributed by atoms with Crippen molar-refractivity contribution in [3.8, 4) is 0 Å². The van der Waals surface area contributed by atoms with Gasteiger partial charge in [-0.25, -0.2) is 9.97 Å². The predicted molar refractivity (Wildman–Crippen MR) is 61.3 cm³/mol. The van der Waals surface area contributed by atoms with Crippen LogP contribution in [0.5, 0.6) is 0 Å². The highest BCUT2D eigenvalue weighted by Gasteiger charge is 2.06. The highest BCUT2D eigenvalue weighted by molar-refractivity contribution is 5.70. The minimum absolute atomic E-state index is 0.180. The normalized spacial score (nSPS) is 9.94. The van der Waals surface area contributed by atoms with Crippen molar-refractivity contribution in [3.05, 3.63) is 18.1 Å². The number of ether oxygens (including phenoxy) is 1. The molecule has 0 spiro atoms. The summed E-state index contributed by atoms with van der Waals surface area (Å²) >= 11 is 0. The van der Waals surface area contributed by atoms with E-state index in [-0.39, 0.29) is 5.97 Å². The minimum atomic E-state index is -0.180. The van der Waals surface area contributed by atoms with Gasteiger partial charge in [0.05, 0.1) is 13.0 Å². The van der Waals surface area contributed by atoms with Gasteiger partial charge in [-0.15, -0.1) is 0 Å². The summed E-state index contributed by atoms with van der Waals surface area (Å²) in [5.41, 5.74) is 0.910. The third-order valence-corrected chi connectivity index (χ3v) is 2.14. The third-order valence-electron chi connectivity index (χ3n) is 2.14. The molecule has 0 radical (unpaired) electrons. The standard InChI is InChI=1S/C11H17N3O2/c1-4-16-11(15)5-6-14(3)10-7-9(2)12-8-13-10/h7-8H,4-6H2,1-3H3. The molecule has 88 valence electrons. The Hall–Kier alpha value is -1.65. The van der Waals surface area contributed by atoms with E-state index in [0.29, 0.717) is 19.6 Å². The first kappa shape index (κ1) is 12.4. The van der Waals surface area contributed by atoms with Crippen molar-refractivity contribution in [2.24, 2.45) is 0 Å². The van der Waals surface area contributed by atoms with Crippen LogP contribution >= 0.6 is 0 Å². The lowest BCUT2D eigenvalue weighted by Gasteiger charge is -2.17. The first-order valence-electron chi connectivity index (χ1n) is 5.29. The van der Waals surface area contributed by atoms with E-state index in [2.05, 4.69) is 9.97 Å². The number of hydrogen-bond donors (Lipinski definition) is 0. The molecule has 5 heteroatoms. The molecule has 0 aromatic carbocycles. The van der Waals surface area contributed by atoms with E-state index in [1.165, 1.54) is 6.33 Å². The molecule has 0 aliphatic carbocycles. The fourth-order valence-electron chi connectivity index (χ4n) is 1.26. The van der Waals surface area contributed by atoms with Crippen LogP contribution in [0.1, 0.15) is 19.0 Å². The lowest BCUT2D eigenvalue weighted by atomic mass is 10.3. The Kier molecular flexibility index (Phi) is 4.69. The maximum absolute atomic E-state index is 11.2. The Morgan fingerprint density at radius 1 is 1.50 bits per heavy atom. The van der Waals surface area contributed by atoms with Gasteiger partial charge in [-0.05, 0) is 13.8 Å². The van der Waals surface area contributed by atoms with E-state index in [1.807, 2.05) is 24.9 Å². The number of carbonyl (C=O) groups excluding carboxylic acids is 1. The summed E-state index contributed by atoms with van der Waals surface area (Å²) in [6.07, 6.45) is 1.89. The summed E-state index contributed by atoms with van der Waals surface area (Å²) in [6.45, 7) is 4.73. The van der Waals surface area contributed by atoms with Crippen molar-refractivity contribution in [3.63, 3.8) is 0 Å². The molecule has 0 unspecified atom stereocenters. The summed E-state index contributed by atoms with van der Waals surface area (Å²) in [5.74, 6) is 0.636. The first-order chi connectivity index (χ1) is 7.63. The monoisotopic (exact) mass is 223 g/mol. The summed E-state index contributed by atoms with van der Waals surface area (Å²) in [6, 6.07) is 1.88. The van der Waals surface area contributed by atoms with Gasteiger partial charge in [0.2, 0.25) is 0 Å². The Morgan fingerprint density at radius 3 is 2.88 bits per heavy atom. The second-order valence-corrected chi connectivity index (χ2v) is 3.49. The molecule has 0 saturated heterocycles. The van der Waals surface area contributed by atoms with Crippen LogP contribution in [0, 0.1) is 6.92 Å². The lowest BCUT2D eigenvalue weighted by molar-refractivity contribution is -0.142. The van der Waals surface area contributed by atoms with Crippen LogP contribution < -0.4 is 4.90 Å². The van der Waals surface area contributed by atoms with Gasteiger partial charge in [0.15, 0.2) is 0 Å². The van der Waals surface area contributed by atoms with E-state index < -0.39 is 0 Å². The zero-order valence-electron chi connectivity index (χ0n) is 9.93. The van der Waals surface area contributed by atoms with Crippen molar-refractivity contribution in [2.75, 3.05) is 25.1 Å². The molecule has 1 aromatic heterocycles. The van der Waals surface area contributed by atoms with Gasteiger partial charge in [0, 0.05) is 25.4 Å². The van der Waals surface area contributed by atoms with Gasteiger partial charge in [0.1, 0.15) is 12.1 Å². The fraction of sp³-hybridized carbons (Fsp3) is 0.545. The Labute approximate surface area is 95.5 Å². The maximum Gasteiger partial charge on any atom is 0.307 e. The van der Waals surface area contributed by atoms with Crippen LogP contribution in [0.25, 0.3) is 0 Å². The van der Waals surface area contributed by atoms with Crippen molar-refractivity contribution >= 4 is 11.8 Å². The van der Waals surface area contributed by atoms with E-state index in [1.54, 1.807) is 6.92 Å². The van der Waals surface area contributed by atoms with Gasteiger partial charge in [-0.2, -0.15) is 0 Å². The molecule has 5 nitrogen and oxygen atoms in total. The van der Waals surface area contributed by atoms with Gasteiger partial charge in [0.25, 0.3) is 0 Å². The van der Waals surface area contributed by atoms with E-state index >= 15 is 0 Å². The molecular weight excluding hydrogens is 206 g/mol. The van der Waals surface area contributed by atoms with Gasteiger partial charge < -0.3 is 9.64 Å². The highest BCUT2D eigenvalue weighted by atomic mass is 16.5. The predicted octanol–water partition coefficient (Wildman–Crippen LogP) is 1.17. The van der Waals surface area contributed by atoms with E-state index in [4.69, 9.17) is 4.74 Å². The minimum Gasteiger partial charge on any atom is -0.466 e. The average Bonchev–Trinajstić information content (AvgIpc) is 2.26. The van der Waals surface area contributed by atoms with E-state index in [0.717, 1.165) is 11.5 Å². The van der Waals surface area contributed by atoms with Crippen molar-refractivity contribution in [1.82, 2.24) is 9.97 Å². The summed E-state index contributed by atoms with van der Waals surface area (Å²) < 4.78 is 4.85. The van der Waals surface area contributed by atoms with Gasteiger partial charge >= 0.3 is 5.97 Å². The second kappa shape index (κ2) is 6.05. The number of anilines is 1. The quantitative estimate of drug-likeness (QED) is 0.701. The summed E-state index contributed by atoms with van der Waals surface area (Å²) in [7, 11) is 1.89. The number of rotatable bonds is 5. The molecule has 0 saturated carbocycles. The highest BCUT2D eigenvalue weighted by Crippen LogP contribution is 2.08. The Balaban J connectivity index is 2.46. The molecule has 0 bridgehead atoms. The number of esters is 1. The second-order valence-electron chi connectivity index (χ2n) is 3.49. The molecular formula is C11H17N3O2. The zero-order chi connectivity index (χ0) is 12.0. The molecule has 0 atom stereocenters. The molecule has 16 heavy (non-hydrogen) atoms. The number of nitrogens with zero attached hydrogens (tertiary/aromatic N) is 3. The van der Waals surface area contributed by atoms with Crippen LogP contribution in [0.4, 0.5) is 5.82 Å². The van der Waals surface area contributed by atoms with Crippen LogP contribution in [0.3, 0.4) is 0 Å². The van der Waals surface area contributed by atoms with Crippen LogP contribution in [-0.4, -0.2) is 36.1 Å². The molecule has 0 amide bonds. The van der Waals surface area contributed by atoms with E-state index in [9.17, 15) is 4.79 Å². The topological polar surface area (TPSA) is 55.3 Å². The molecule has 1 rings (SSSR count). The number of carbonyl (C=O) groups is 1. The molecule has 0 aliphatic heterocycles. The Bertz CT molecular complexity index is 355.